The zero-order valence-corrected chi connectivity index (χ0v) is 26.9. The Balaban J connectivity index is 3.04. The van der Waals surface area contributed by atoms with Crippen molar-refractivity contribution in [3.05, 3.63) is 0 Å². The monoisotopic (exact) mass is 628 g/mol. The molecule has 0 aromatic heterocycles. The third kappa shape index (κ3) is 39.0. The maximum absolute atomic E-state index is 10.8. The van der Waals surface area contributed by atoms with Gasteiger partial charge in [-0.3, -0.25) is 0 Å². The molecule has 0 aliphatic heterocycles. The number of ether oxygens (including phenoxy) is 12. The van der Waals surface area contributed by atoms with E-state index in [0.29, 0.717) is 132 Å². The van der Waals surface area contributed by atoms with E-state index in [-0.39, 0.29) is 6.61 Å². The average Bonchev–Trinajstić information content (AvgIpc) is 3.02. The summed E-state index contributed by atoms with van der Waals surface area (Å²) < 4.78 is 64.1. The molecule has 0 aromatic carbocycles. The van der Waals surface area contributed by atoms with Gasteiger partial charge in [0.1, 0.15) is 6.61 Å². The normalized spacial score (nSPS) is 11.4. The topological polar surface area (TPSA) is 128 Å². The molecule has 13 nitrogen and oxygen atoms in total. The summed E-state index contributed by atoms with van der Waals surface area (Å²) in [6.45, 7) is 13.1. The molecule has 0 saturated carbocycles. The zero-order valence-electron chi connectivity index (χ0n) is 26.9. The van der Waals surface area contributed by atoms with Crippen molar-refractivity contribution in [3.8, 4) is 0 Å². The third-order valence-corrected chi connectivity index (χ3v) is 5.56. The highest BCUT2D eigenvalue weighted by molar-refractivity contribution is 5.70. The quantitative estimate of drug-likeness (QED) is 0.0734. The van der Waals surface area contributed by atoms with Crippen LogP contribution in [0.3, 0.4) is 0 Å². The Morgan fingerprint density at radius 1 is 0.349 bits per heavy atom. The predicted molar refractivity (Wildman–Crippen MR) is 160 cm³/mol. The van der Waals surface area contributed by atoms with Crippen molar-refractivity contribution in [1.29, 1.82) is 0 Å². The number of methoxy groups -OCH3 is 1. The highest BCUT2D eigenvalue weighted by atomic mass is 16.6. The summed E-state index contributed by atoms with van der Waals surface area (Å²) in [7, 11) is 1.32. The van der Waals surface area contributed by atoms with Crippen molar-refractivity contribution in [2.24, 2.45) is 0 Å². The molecule has 0 aliphatic carbocycles. The second kappa shape index (κ2) is 39.1. The molecule has 0 rings (SSSR count). The fourth-order valence-corrected chi connectivity index (χ4v) is 3.22. The van der Waals surface area contributed by atoms with Crippen LogP contribution in [0.2, 0.25) is 0 Å². The third-order valence-electron chi connectivity index (χ3n) is 5.56. The lowest BCUT2D eigenvalue weighted by atomic mass is 10.2. The molecule has 0 aromatic rings. The minimum Gasteiger partial charge on any atom is -0.467 e. The number of hydrogen-bond acceptors (Lipinski definition) is 13. The summed E-state index contributed by atoms with van der Waals surface area (Å²) in [5, 5.41) is 0. The number of carbonyl (C=O) groups excluding carboxylic acids is 1. The Hall–Kier alpha value is -0.970. The van der Waals surface area contributed by atoms with Gasteiger partial charge in [0.05, 0.1) is 139 Å². The molecule has 13 heteroatoms. The summed E-state index contributed by atoms with van der Waals surface area (Å²) in [6, 6.07) is 0. The molecule has 0 N–H and O–H groups in total. The number of hydrogen-bond donors (Lipinski definition) is 0. The van der Waals surface area contributed by atoms with E-state index in [9.17, 15) is 4.79 Å². The molecule has 0 aliphatic rings. The average molecular weight is 629 g/mol. The predicted octanol–water partition coefficient (Wildman–Crippen LogP) is 2.31. The fourth-order valence-electron chi connectivity index (χ4n) is 3.22. The van der Waals surface area contributed by atoms with Crippen LogP contribution >= 0.6 is 0 Å². The molecular weight excluding hydrogens is 568 g/mol. The van der Waals surface area contributed by atoms with Gasteiger partial charge in [-0.05, 0) is 6.42 Å². The molecule has 258 valence electrons. The molecule has 0 atom stereocenters. The van der Waals surface area contributed by atoms with Gasteiger partial charge in [-0.1, -0.05) is 32.6 Å². The van der Waals surface area contributed by atoms with Gasteiger partial charge in [0.2, 0.25) is 0 Å². The Morgan fingerprint density at radius 3 is 0.884 bits per heavy atom. The van der Waals surface area contributed by atoms with E-state index in [1.807, 2.05) is 0 Å². The molecule has 0 saturated heterocycles. The number of unbranched alkanes of at least 4 members (excludes halogenated alkanes) is 4. The van der Waals surface area contributed by atoms with Crippen LogP contribution in [-0.2, 0) is 61.6 Å². The van der Waals surface area contributed by atoms with Crippen molar-refractivity contribution >= 4 is 5.97 Å². The largest absolute Gasteiger partial charge is 0.467 e. The number of rotatable bonds is 38. The minimum atomic E-state index is -0.405. The highest BCUT2D eigenvalue weighted by Crippen LogP contribution is 2.02. The maximum Gasteiger partial charge on any atom is 0.331 e. The first kappa shape index (κ1) is 42.0. The molecule has 43 heavy (non-hydrogen) atoms. The first-order chi connectivity index (χ1) is 21.3. The molecule has 0 heterocycles. The van der Waals surface area contributed by atoms with Gasteiger partial charge in [0, 0.05) is 6.61 Å². The van der Waals surface area contributed by atoms with Crippen LogP contribution < -0.4 is 0 Å². The lowest BCUT2D eigenvalue weighted by Crippen LogP contribution is -2.16. The molecule has 0 radical (unpaired) electrons. The lowest BCUT2D eigenvalue weighted by molar-refractivity contribution is -0.146. The van der Waals surface area contributed by atoms with Crippen LogP contribution in [0.5, 0.6) is 0 Å². The molecule has 0 unspecified atom stereocenters. The van der Waals surface area contributed by atoms with Crippen molar-refractivity contribution in [3.63, 3.8) is 0 Å². The Kier molecular flexibility index (Phi) is 38.2. The van der Waals surface area contributed by atoms with E-state index in [4.69, 9.17) is 52.1 Å². The molecule has 0 bridgehead atoms. The van der Waals surface area contributed by atoms with Crippen LogP contribution in [0.25, 0.3) is 0 Å². The van der Waals surface area contributed by atoms with E-state index in [0.717, 1.165) is 13.0 Å². The van der Waals surface area contributed by atoms with Crippen molar-refractivity contribution in [2.75, 3.05) is 152 Å². The summed E-state index contributed by atoms with van der Waals surface area (Å²) in [4.78, 5) is 10.8. The second-order valence-electron chi connectivity index (χ2n) is 9.17. The van der Waals surface area contributed by atoms with Gasteiger partial charge in [0.25, 0.3) is 0 Å². The Morgan fingerprint density at radius 2 is 0.605 bits per heavy atom. The van der Waals surface area contributed by atoms with E-state index in [1.54, 1.807) is 0 Å². The van der Waals surface area contributed by atoms with Gasteiger partial charge in [-0.25, -0.2) is 4.79 Å². The van der Waals surface area contributed by atoms with Crippen LogP contribution in [0.1, 0.15) is 39.0 Å². The van der Waals surface area contributed by atoms with Crippen molar-refractivity contribution in [2.45, 2.75) is 39.0 Å². The summed E-state index contributed by atoms with van der Waals surface area (Å²) in [6.07, 6.45) is 6.27. The van der Waals surface area contributed by atoms with Gasteiger partial charge >= 0.3 is 5.97 Å². The lowest BCUT2D eigenvalue weighted by Gasteiger charge is -2.09. The maximum atomic E-state index is 10.8. The first-order valence-electron chi connectivity index (χ1n) is 15.7. The van der Waals surface area contributed by atoms with Crippen LogP contribution in [0.15, 0.2) is 0 Å². The molecule has 0 amide bonds. The van der Waals surface area contributed by atoms with Crippen molar-refractivity contribution in [1.82, 2.24) is 0 Å². The van der Waals surface area contributed by atoms with E-state index < -0.39 is 5.97 Å². The van der Waals surface area contributed by atoms with Gasteiger partial charge in [-0.2, -0.15) is 0 Å². The highest BCUT2D eigenvalue weighted by Gasteiger charge is 1.99. The Labute approximate surface area is 259 Å². The van der Waals surface area contributed by atoms with Gasteiger partial charge < -0.3 is 56.8 Å². The van der Waals surface area contributed by atoms with E-state index >= 15 is 0 Å². The van der Waals surface area contributed by atoms with E-state index in [1.165, 1.54) is 32.8 Å². The van der Waals surface area contributed by atoms with E-state index in [2.05, 4.69) is 11.7 Å². The van der Waals surface area contributed by atoms with Crippen LogP contribution in [0.4, 0.5) is 0 Å². The number of esters is 1. The minimum absolute atomic E-state index is 0.0676. The molecular formula is C30H60O13. The smallest absolute Gasteiger partial charge is 0.331 e. The molecule has 0 spiro atoms. The van der Waals surface area contributed by atoms with Crippen LogP contribution in [0, 0.1) is 0 Å². The zero-order chi connectivity index (χ0) is 31.2. The second-order valence-corrected chi connectivity index (χ2v) is 9.17. The van der Waals surface area contributed by atoms with Crippen molar-refractivity contribution < 1.29 is 61.6 Å². The summed E-state index contributed by atoms with van der Waals surface area (Å²) in [5.74, 6) is -0.405. The van der Waals surface area contributed by atoms with Gasteiger partial charge in [-0.15, -0.1) is 0 Å². The van der Waals surface area contributed by atoms with Crippen LogP contribution in [-0.4, -0.2) is 158 Å². The fraction of sp³-hybridized carbons (Fsp3) is 0.967. The summed E-state index contributed by atoms with van der Waals surface area (Å²) >= 11 is 0. The Bertz CT molecular complexity index is 528. The van der Waals surface area contributed by atoms with Gasteiger partial charge in [0.15, 0.2) is 0 Å². The number of carbonyl (C=O) groups is 1. The standard InChI is InChI=1S/C30H60O13/c1-3-4-5-6-7-8-33-9-10-34-11-12-35-13-14-36-15-16-37-17-18-38-19-20-39-21-22-40-23-24-41-25-26-42-27-28-43-29-30(31)32-2/h3-29H2,1-2H3. The molecule has 0 fully saturated rings. The SMILES string of the molecule is CCCCCCCOCCOCCOCCOCCOCCOCCOCCOCCOCCOCCOCC(=O)OC. The first-order valence-corrected chi connectivity index (χ1v) is 15.7. The summed E-state index contributed by atoms with van der Waals surface area (Å²) in [5.41, 5.74) is 0.